The number of rotatable bonds is 8. The van der Waals surface area contributed by atoms with E-state index in [0.29, 0.717) is 31.0 Å². The molecule has 7 nitrogen and oxygen atoms in total. The van der Waals surface area contributed by atoms with Gasteiger partial charge in [0.15, 0.2) is 0 Å². The summed E-state index contributed by atoms with van der Waals surface area (Å²) in [6.45, 7) is 0.456. The van der Waals surface area contributed by atoms with Crippen molar-refractivity contribution in [2.45, 2.75) is 43.4 Å². The summed E-state index contributed by atoms with van der Waals surface area (Å²) in [6, 6.07) is 5.89. The number of benzene rings is 1. The van der Waals surface area contributed by atoms with E-state index in [0.717, 1.165) is 19.3 Å². The van der Waals surface area contributed by atoms with Gasteiger partial charge in [-0.15, -0.1) is 0 Å². The lowest BCUT2D eigenvalue weighted by atomic mass is 9.66. The Morgan fingerprint density at radius 3 is 2.28 bits per heavy atom. The molecule has 0 unspecified atom stereocenters. The van der Waals surface area contributed by atoms with E-state index >= 15 is 0 Å². The topological polar surface area (TPSA) is 113 Å². The minimum absolute atomic E-state index is 0.0642. The van der Waals surface area contributed by atoms with Gasteiger partial charge in [0.1, 0.15) is 0 Å². The van der Waals surface area contributed by atoms with E-state index in [4.69, 9.17) is 0 Å². The van der Waals surface area contributed by atoms with Crippen molar-refractivity contribution < 1.29 is 23.1 Å². The van der Waals surface area contributed by atoms with Crippen LogP contribution in [0.3, 0.4) is 0 Å². The van der Waals surface area contributed by atoms with Gasteiger partial charge in [0, 0.05) is 18.7 Å². The summed E-state index contributed by atoms with van der Waals surface area (Å²) in [7, 11) is -3.54. The first-order valence-electron chi connectivity index (χ1n) is 8.44. The largest absolute Gasteiger partial charge is 0.481 e. The zero-order chi connectivity index (χ0) is 18.1. The number of carbonyl (C=O) groups is 2. The van der Waals surface area contributed by atoms with Crippen molar-refractivity contribution in [3.05, 3.63) is 24.3 Å². The lowest BCUT2D eigenvalue weighted by Gasteiger charge is -2.36. The molecule has 3 N–H and O–H groups in total. The summed E-state index contributed by atoms with van der Waals surface area (Å²) in [5.74, 6) is -0.858. The highest BCUT2D eigenvalue weighted by Gasteiger charge is 2.45. The van der Waals surface area contributed by atoms with Crippen molar-refractivity contribution in [3.8, 4) is 0 Å². The Morgan fingerprint density at radius 2 is 1.80 bits per heavy atom. The number of amides is 1. The Labute approximate surface area is 146 Å². The molecule has 2 fully saturated rings. The van der Waals surface area contributed by atoms with Crippen molar-refractivity contribution in [2.24, 2.45) is 11.3 Å². The highest BCUT2D eigenvalue weighted by Crippen LogP contribution is 2.44. The van der Waals surface area contributed by atoms with Gasteiger partial charge in [-0.3, -0.25) is 9.59 Å². The highest BCUT2D eigenvalue weighted by atomic mass is 32.2. The van der Waals surface area contributed by atoms with Crippen LogP contribution in [0.5, 0.6) is 0 Å². The Balaban J connectivity index is 1.58. The molecule has 1 aromatic carbocycles. The number of hydrogen-bond donors (Lipinski definition) is 3. The van der Waals surface area contributed by atoms with Crippen molar-refractivity contribution in [3.63, 3.8) is 0 Å². The second kappa shape index (κ2) is 6.76. The average molecular weight is 366 g/mol. The molecule has 136 valence electrons. The van der Waals surface area contributed by atoms with E-state index in [1.807, 2.05) is 0 Å². The number of nitrogens with one attached hydrogen (secondary N) is 2. The molecule has 3 rings (SSSR count). The normalized spacial score (nSPS) is 19.0. The van der Waals surface area contributed by atoms with Gasteiger partial charge in [-0.25, -0.2) is 13.1 Å². The van der Waals surface area contributed by atoms with E-state index in [2.05, 4.69) is 10.0 Å². The van der Waals surface area contributed by atoms with E-state index in [9.17, 15) is 23.1 Å². The van der Waals surface area contributed by atoms with Gasteiger partial charge in [-0.05, 0) is 55.9 Å². The van der Waals surface area contributed by atoms with Crippen molar-refractivity contribution in [1.82, 2.24) is 4.72 Å². The number of carbonyl (C=O) groups excluding carboxylic acids is 1. The first-order valence-corrected chi connectivity index (χ1v) is 9.92. The molecule has 25 heavy (non-hydrogen) atoms. The quantitative estimate of drug-likeness (QED) is 0.651. The van der Waals surface area contributed by atoms with Gasteiger partial charge in [0.2, 0.25) is 15.9 Å². The molecular formula is C17H22N2O5S. The highest BCUT2D eigenvalue weighted by molar-refractivity contribution is 7.89. The third kappa shape index (κ3) is 4.19. The van der Waals surface area contributed by atoms with Crippen LogP contribution >= 0.6 is 0 Å². The predicted molar refractivity (Wildman–Crippen MR) is 91.5 cm³/mol. The van der Waals surface area contributed by atoms with E-state index in [-0.39, 0.29) is 17.2 Å². The molecule has 8 heteroatoms. The number of aliphatic carboxylic acids is 1. The first kappa shape index (κ1) is 17.9. The molecular weight excluding hydrogens is 344 g/mol. The van der Waals surface area contributed by atoms with Crippen LogP contribution in [0.4, 0.5) is 5.69 Å². The number of carboxylic acids is 1. The standard InChI is InChI=1S/C17H22N2O5S/c20-15(10-17(16(21)22)8-1-9-17)19-13-4-6-14(7-5-13)25(23,24)18-11-12-2-3-12/h4-7,12,18H,1-3,8-11H2,(H,19,20)(H,21,22). The molecule has 1 amide bonds. The Kier molecular flexibility index (Phi) is 4.83. The van der Waals surface area contributed by atoms with E-state index in [1.165, 1.54) is 24.3 Å². The van der Waals surface area contributed by atoms with Gasteiger partial charge >= 0.3 is 5.97 Å². The Bertz CT molecular complexity index is 765. The second-order valence-electron chi connectivity index (χ2n) is 6.98. The average Bonchev–Trinajstić information content (AvgIpc) is 3.33. The zero-order valence-corrected chi connectivity index (χ0v) is 14.6. The molecule has 1 aromatic rings. The molecule has 0 aromatic heterocycles. The SMILES string of the molecule is O=C(CC1(C(=O)O)CCC1)Nc1ccc(S(=O)(=O)NCC2CC2)cc1. The smallest absolute Gasteiger partial charge is 0.310 e. The molecule has 2 saturated carbocycles. The first-order chi connectivity index (χ1) is 11.8. The molecule has 0 saturated heterocycles. The molecule has 0 aliphatic heterocycles. The van der Waals surface area contributed by atoms with Gasteiger partial charge in [-0.1, -0.05) is 6.42 Å². The summed E-state index contributed by atoms with van der Waals surface area (Å²) in [6.07, 6.45) is 3.90. The van der Waals surface area contributed by atoms with Crippen LogP contribution in [0, 0.1) is 11.3 Å². The Morgan fingerprint density at radius 1 is 1.16 bits per heavy atom. The summed E-state index contributed by atoms with van der Waals surface area (Å²) < 4.78 is 26.9. The number of sulfonamides is 1. The Hall–Kier alpha value is -1.93. The van der Waals surface area contributed by atoms with Gasteiger partial charge < -0.3 is 10.4 Å². The lowest BCUT2D eigenvalue weighted by molar-refractivity contribution is -0.157. The fraction of sp³-hybridized carbons (Fsp3) is 0.529. The number of hydrogen-bond acceptors (Lipinski definition) is 4. The molecule has 0 spiro atoms. The molecule has 0 radical (unpaired) electrons. The molecule has 0 atom stereocenters. The third-order valence-corrected chi connectivity index (χ3v) is 6.41. The fourth-order valence-corrected chi connectivity index (χ4v) is 4.05. The third-order valence-electron chi connectivity index (χ3n) is 4.97. The lowest BCUT2D eigenvalue weighted by Crippen LogP contribution is -2.41. The second-order valence-corrected chi connectivity index (χ2v) is 8.75. The van der Waals surface area contributed by atoms with Crippen LogP contribution in [0.1, 0.15) is 38.5 Å². The fourth-order valence-electron chi connectivity index (χ4n) is 2.93. The minimum Gasteiger partial charge on any atom is -0.481 e. The summed E-state index contributed by atoms with van der Waals surface area (Å²) in [5.41, 5.74) is -0.494. The van der Waals surface area contributed by atoms with E-state index < -0.39 is 21.4 Å². The van der Waals surface area contributed by atoms with Crippen LogP contribution in [0.15, 0.2) is 29.2 Å². The number of carboxylic acid groups (broad SMARTS) is 1. The van der Waals surface area contributed by atoms with Gasteiger partial charge in [-0.2, -0.15) is 0 Å². The monoisotopic (exact) mass is 366 g/mol. The van der Waals surface area contributed by atoms with Gasteiger partial charge in [0.05, 0.1) is 10.3 Å². The van der Waals surface area contributed by atoms with Crippen LogP contribution in [0.25, 0.3) is 0 Å². The van der Waals surface area contributed by atoms with Gasteiger partial charge in [0.25, 0.3) is 0 Å². The molecule has 0 heterocycles. The summed E-state index contributed by atoms with van der Waals surface area (Å²) >= 11 is 0. The molecule has 2 aliphatic rings. The van der Waals surface area contributed by atoms with Crippen LogP contribution in [0.2, 0.25) is 0 Å². The maximum absolute atomic E-state index is 12.1. The van der Waals surface area contributed by atoms with E-state index in [1.54, 1.807) is 0 Å². The summed E-state index contributed by atoms with van der Waals surface area (Å²) in [4.78, 5) is 23.5. The summed E-state index contributed by atoms with van der Waals surface area (Å²) in [5, 5.41) is 11.9. The predicted octanol–water partition coefficient (Wildman–Crippen LogP) is 1.96. The maximum atomic E-state index is 12.1. The number of anilines is 1. The van der Waals surface area contributed by atoms with Crippen molar-refractivity contribution in [2.75, 3.05) is 11.9 Å². The van der Waals surface area contributed by atoms with Crippen LogP contribution in [-0.2, 0) is 19.6 Å². The van der Waals surface area contributed by atoms with Crippen LogP contribution in [-0.4, -0.2) is 31.9 Å². The minimum atomic E-state index is -3.54. The molecule has 0 bridgehead atoms. The maximum Gasteiger partial charge on any atom is 0.310 e. The zero-order valence-electron chi connectivity index (χ0n) is 13.8. The molecule has 2 aliphatic carbocycles. The van der Waals surface area contributed by atoms with Crippen molar-refractivity contribution in [1.29, 1.82) is 0 Å². The van der Waals surface area contributed by atoms with Crippen molar-refractivity contribution >= 4 is 27.6 Å². The van der Waals surface area contributed by atoms with Crippen LogP contribution < -0.4 is 10.0 Å².